The minimum absolute atomic E-state index is 0.331. The summed E-state index contributed by atoms with van der Waals surface area (Å²) in [5.41, 5.74) is 1.96. The van der Waals surface area contributed by atoms with Gasteiger partial charge in [-0.3, -0.25) is 0 Å². The van der Waals surface area contributed by atoms with Gasteiger partial charge in [0.25, 0.3) is 0 Å². The number of carboxylic acid groups (broad SMARTS) is 1. The van der Waals surface area contributed by atoms with Gasteiger partial charge in [-0.2, -0.15) is 0 Å². The van der Waals surface area contributed by atoms with E-state index in [1.54, 1.807) is 0 Å². The second kappa shape index (κ2) is 4.72. The van der Waals surface area contributed by atoms with Gasteiger partial charge in [0.1, 0.15) is 0 Å². The maximum atomic E-state index is 10.2. The fourth-order valence-corrected chi connectivity index (χ4v) is 1.10. The highest BCUT2D eigenvalue weighted by molar-refractivity contribution is 6.17. The van der Waals surface area contributed by atoms with E-state index in [4.69, 9.17) is 16.7 Å². The van der Waals surface area contributed by atoms with Crippen LogP contribution in [0.25, 0.3) is 0 Å². The van der Waals surface area contributed by atoms with Crippen molar-refractivity contribution in [1.29, 1.82) is 0 Å². The van der Waals surface area contributed by atoms with Gasteiger partial charge < -0.3 is 10.4 Å². The summed E-state index contributed by atoms with van der Waals surface area (Å²) < 4.78 is 0. The number of halogens is 1. The number of carbonyl (C=O) groups is 1. The third-order valence-corrected chi connectivity index (χ3v) is 1.93. The van der Waals surface area contributed by atoms with Crippen molar-refractivity contribution in [3.05, 3.63) is 35.4 Å². The molecule has 0 saturated carbocycles. The van der Waals surface area contributed by atoms with Gasteiger partial charge in [0.05, 0.1) is 0 Å². The fraction of sp³-hybridized carbons (Fsp3) is 0.222. The minimum atomic E-state index is -1.01. The van der Waals surface area contributed by atoms with Gasteiger partial charge in [0.2, 0.25) is 0 Å². The van der Waals surface area contributed by atoms with Gasteiger partial charge in [-0.15, -0.1) is 11.6 Å². The molecule has 0 bridgehead atoms. The molecule has 0 unspecified atom stereocenters. The molecule has 0 radical (unpaired) electrons. The Morgan fingerprint density at radius 1 is 1.31 bits per heavy atom. The van der Waals surface area contributed by atoms with Crippen molar-refractivity contribution in [3.63, 3.8) is 0 Å². The third kappa shape index (κ3) is 3.34. The normalized spacial score (nSPS) is 9.62. The highest BCUT2D eigenvalue weighted by Crippen LogP contribution is 2.06. The Kier molecular flexibility index (Phi) is 3.58. The second-order valence-corrected chi connectivity index (χ2v) is 2.88. The molecule has 13 heavy (non-hydrogen) atoms. The zero-order valence-corrected chi connectivity index (χ0v) is 7.71. The van der Waals surface area contributed by atoms with Crippen molar-refractivity contribution in [1.82, 2.24) is 5.32 Å². The molecule has 0 fully saturated rings. The summed E-state index contributed by atoms with van der Waals surface area (Å²) in [7, 11) is 0. The molecule has 0 spiro atoms. The molecule has 0 aromatic heterocycles. The van der Waals surface area contributed by atoms with Crippen molar-refractivity contribution in [2.24, 2.45) is 0 Å². The highest BCUT2D eigenvalue weighted by Gasteiger charge is 1.96. The largest absolute Gasteiger partial charge is 0.465 e. The molecule has 2 N–H and O–H groups in total. The van der Waals surface area contributed by atoms with Crippen LogP contribution in [0.2, 0.25) is 0 Å². The van der Waals surface area contributed by atoms with Gasteiger partial charge in [-0.05, 0) is 11.1 Å². The zero-order chi connectivity index (χ0) is 9.68. The summed E-state index contributed by atoms with van der Waals surface area (Å²) in [5.74, 6) is 0.479. The van der Waals surface area contributed by atoms with E-state index in [2.05, 4.69) is 5.32 Å². The molecule has 0 atom stereocenters. The van der Waals surface area contributed by atoms with Gasteiger partial charge in [0, 0.05) is 12.4 Å². The van der Waals surface area contributed by atoms with Crippen molar-refractivity contribution in [2.45, 2.75) is 12.4 Å². The van der Waals surface area contributed by atoms with Crippen molar-refractivity contribution in [2.75, 3.05) is 0 Å². The Bertz CT molecular complexity index is 284. The first-order chi connectivity index (χ1) is 6.22. The lowest BCUT2D eigenvalue weighted by atomic mass is 10.1. The predicted molar refractivity (Wildman–Crippen MR) is 50.9 cm³/mol. The molecule has 0 aliphatic carbocycles. The van der Waals surface area contributed by atoms with Crippen LogP contribution in [0.4, 0.5) is 4.79 Å². The average Bonchev–Trinajstić information content (AvgIpc) is 2.15. The van der Waals surface area contributed by atoms with Crippen molar-refractivity contribution in [3.8, 4) is 0 Å². The summed E-state index contributed by atoms with van der Waals surface area (Å²) in [4.78, 5) is 10.2. The number of alkyl halides is 1. The molecule has 1 amide bonds. The van der Waals surface area contributed by atoms with Crippen LogP contribution in [0.3, 0.4) is 0 Å². The van der Waals surface area contributed by atoms with Gasteiger partial charge in [-0.25, -0.2) is 4.79 Å². The quantitative estimate of drug-likeness (QED) is 0.734. The molecular weight excluding hydrogens is 190 g/mol. The lowest BCUT2D eigenvalue weighted by molar-refractivity contribution is 0.194. The Balaban J connectivity index is 2.54. The summed E-state index contributed by atoms with van der Waals surface area (Å²) in [6.45, 7) is 0.331. The molecule has 0 saturated heterocycles. The maximum Gasteiger partial charge on any atom is 0.404 e. The van der Waals surface area contributed by atoms with Crippen LogP contribution in [0.5, 0.6) is 0 Å². The van der Waals surface area contributed by atoms with Crippen LogP contribution in [0, 0.1) is 0 Å². The summed E-state index contributed by atoms with van der Waals surface area (Å²) in [6.07, 6.45) is -1.01. The molecule has 4 heteroatoms. The number of hydrogen-bond acceptors (Lipinski definition) is 1. The van der Waals surface area contributed by atoms with Crippen LogP contribution in [0.1, 0.15) is 11.1 Å². The number of amides is 1. The molecule has 3 nitrogen and oxygen atoms in total. The van der Waals surface area contributed by atoms with Gasteiger partial charge in [0.15, 0.2) is 0 Å². The smallest absolute Gasteiger partial charge is 0.404 e. The monoisotopic (exact) mass is 199 g/mol. The standard InChI is InChI=1S/C9H10ClNO2/c10-5-7-1-3-8(4-2-7)6-11-9(12)13/h1-4,11H,5-6H2,(H,12,13). The summed E-state index contributed by atoms with van der Waals surface area (Å²) >= 11 is 5.60. The van der Waals surface area contributed by atoms with Gasteiger partial charge in [-0.1, -0.05) is 24.3 Å². The topological polar surface area (TPSA) is 49.3 Å². The first-order valence-corrected chi connectivity index (χ1v) is 4.36. The van der Waals surface area contributed by atoms with E-state index < -0.39 is 6.09 Å². The lowest BCUT2D eigenvalue weighted by Gasteiger charge is -2.01. The molecular formula is C9H10ClNO2. The number of hydrogen-bond donors (Lipinski definition) is 2. The molecule has 1 aromatic carbocycles. The third-order valence-electron chi connectivity index (χ3n) is 1.62. The maximum absolute atomic E-state index is 10.2. The average molecular weight is 200 g/mol. The molecule has 0 aliphatic rings. The van der Waals surface area contributed by atoms with Crippen LogP contribution < -0.4 is 5.32 Å². The summed E-state index contributed by atoms with van der Waals surface area (Å²) in [6, 6.07) is 7.47. The first kappa shape index (κ1) is 9.86. The first-order valence-electron chi connectivity index (χ1n) is 3.83. The van der Waals surface area contributed by atoms with Crippen molar-refractivity contribution >= 4 is 17.7 Å². The number of nitrogens with one attached hydrogen (secondary N) is 1. The molecule has 1 rings (SSSR count). The minimum Gasteiger partial charge on any atom is -0.465 e. The Morgan fingerprint density at radius 2 is 1.85 bits per heavy atom. The lowest BCUT2D eigenvalue weighted by Crippen LogP contribution is -2.19. The summed E-state index contributed by atoms with van der Waals surface area (Å²) in [5, 5.41) is 10.6. The molecule has 1 aromatic rings. The SMILES string of the molecule is O=C(O)NCc1ccc(CCl)cc1. The fourth-order valence-electron chi connectivity index (χ4n) is 0.924. The van der Waals surface area contributed by atoms with E-state index in [9.17, 15) is 4.79 Å². The molecule has 0 heterocycles. The van der Waals surface area contributed by atoms with E-state index >= 15 is 0 Å². The van der Waals surface area contributed by atoms with E-state index in [1.165, 1.54) is 0 Å². The Morgan fingerprint density at radius 3 is 2.31 bits per heavy atom. The predicted octanol–water partition coefficient (Wildman–Crippen LogP) is 2.19. The zero-order valence-electron chi connectivity index (χ0n) is 6.96. The van der Waals surface area contributed by atoms with Crippen LogP contribution in [-0.4, -0.2) is 11.2 Å². The van der Waals surface area contributed by atoms with Crippen molar-refractivity contribution < 1.29 is 9.90 Å². The van der Waals surface area contributed by atoms with E-state index in [0.29, 0.717) is 12.4 Å². The number of rotatable bonds is 3. The molecule has 0 aliphatic heterocycles. The number of benzene rings is 1. The van der Waals surface area contributed by atoms with E-state index in [1.807, 2.05) is 24.3 Å². The van der Waals surface area contributed by atoms with E-state index in [-0.39, 0.29) is 0 Å². The van der Waals surface area contributed by atoms with Gasteiger partial charge >= 0.3 is 6.09 Å². The van der Waals surface area contributed by atoms with Crippen LogP contribution in [0.15, 0.2) is 24.3 Å². The Labute approximate surface area is 81.3 Å². The highest BCUT2D eigenvalue weighted by atomic mass is 35.5. The van der Waals surface area contributed by atoms with Crippen LogP contribution >= 0.6 is 11.6 Å². The van der Waals surface area contributed by atoms with Crippen LogP contribution in [-0.2, 0) is 12.4 Å². The van der Waals surface area contributed by atoms with E-state index in [0.717, 1.165) is 11.1 Å². The molecule has 70 valence electrons. The second-order valence-electron chi connectivity index (χ2n) is 2.61. The Hall–Kier alpha value is -1.22.